The topological polar surface area (TPSA) is 44.8 Å². The zero-order valence-corrected chi connectivity index (χ0v) is 13.3. The molecule has 1 N–H and O–H groups in total. The van der Waals surface area contributed by atoms with E-state index in [9.17, 15) is 9.18 Å². The molecule has 0 bridgehead atoms. The van der Waals surface area contributed by atoms with Crippen molar-refractivity contribution >= 4 is 11.6 Å². The summed E-state index contributed by atoms with van der Waals surface area (Å²) < 4.78 is 18.3. The number of amides is 1. The Morgan fingerprint density at radius 3 is 2.61 bits per heavy atom. The van der Waals surface area contributed by atoms with E-state index in [0.717, 1.165) is 51.3 Å². The number of halogens is 1. The first-order valence-electron chi connectivity index (χ1n) is 8.34. The standard InChI is InChI=1S/C17H24FN3O2/c18-14-3-5-15(6-4-14)21-11-9-20(10-12-21)8-7-19-17(22)16-2-1-13-23-16/h3-6,16H,1-2,7-13H2,(H,19,22)/t16-/m1/s1. The fraction of sp³-hybridized carbons (Fsp3) is 0.588. The maximum atomic E-state index is 13.0. The lowest BCUT2D eigenvalue weighted by Crippen LogP contribution is -2.49. The summed E-state index contributed by atoms with van der Waals surface area (Å²) in [5.74, 6) is -0.179. The molecule has 5 nitrogen and oxygen atoms in total. The highest BCUT2D eigenvalue weighted by atomic mass is 19.1. The van der Waals surface area contributed by atoms with Crippen LogP contribution in [0.1, 0.15) is 12.8 Å². The van der Waals surface area contributed by atoms with Crippen molar-refractivity contribution in [1.82, 2.24) is 10.2 Å². The molecule has 1 aromatic rings. The summed E-state index contributed by atoms with van der Waals surface area (Å²) in [5.41, 5.74) is 1.07. The molecule has 3 rings (SSSR count). The molecular formula is C17H24FN3O2. The third-order valence-corrected chi connectivity index (χ3v) is 4.51. The molecule has 2 aliphatic heterocycles. The smallest absolute Gasteiger partial charge is 0.249 e. The highest BCUT2D eigenvalue weighted by Crippen LogP contribution is 2.16. The van der Waals surface area contributed by atoms with E-state index in [-0.39, 0.29) is 17.8 Å². The quantitative estimate of drug-likeness (QED) is 0.886. The van der Waals surface area contributed by atoms with Gasteiger partial charge in [0.15, 0.2) is 0 Å². The van der Waals surface area contributed by atoms with E-state index >= 15 is 0 Å². The van der Waals surface area contributed by atoms with Crippen molar-refractivity contribution in [1.29, 1.82) is 0 Å². The van der Waals surface area contributed by atoms with Crippen molar-refractivity contribution in [2.24, 2.45) is 0 Å². The molecule has 2 fully saturated rings. The average Bonchev–Trinajstić information content (AvgIpc) is 3.11. The van der Waals surface area contributed by atoms with E-state index in [4.69, 9.17) is 4.74 Å². The fourth-order valence-corrected chi connectivity index (χ4v) is 3.12. The van der Waals surface area contributed by atoms with Gasteiger partial charge in [-0.25, -0.2) is 4.39 Å². The number of benzene rings is 1. The van der Waals surface area contributed by atoms with Gasteiger partial charge >= 0.3 is 0 Å². The largest absolute Gasteiger partial charge is 0.369 e. The van der Waals surface area contributed by atoms with Crippen LogP contribution in [0.5, 0.6) is 0 Å². The van der Waals surface area contributed by atoms with Gasteiger partial charge in [-0.05, 0) is 37.1 Å². The molecule has 6 heteroatoms. The van der Waals surface area contributed by atoms with Gasteiger partial charge < -0.3 is 15.0 Å². The zero-order chi connectivity index (χ0) is 16.1. The molecule has 2 heterocycles. The van der Waals surface area contributed by atoms with E-state index in [2.05, 4.69) is 15.1 Å². The summed E-state index contributed by atoms with van der Waals surface area (Å²) in [6.45, 7) is 5.96. The zero-order valence-electron chi connectivity index (χ0n) is 13.3. The minimum Gasteiger partial charge on any atom is -0.369 e. The first kappa shape index (κ1) is 16.2. The van der Waals surface area contributed by atoms with Crippen molar-refractivity contribution < 1.29 is 13.9 Å². The van der Waals surface area contributed by atoms with Crippen molar-refractivity contribution in [2.75, 3.05) is 50.8 Å². The number of rotatable bonds is 5. The van der Waals surface area contributed by atoms with Crippen LogP contribution in [0.3, 0.4) is 0 Å². The lowest BCUT2D eigenvalue weighted by atomic mass is 10.2. The molecule has 0 unspecified atom stereocenters. The summed E-state index contributed by atoms with van der Waals surface area (Å²) >= 11 is 0. The number of ether oxygens (including phenoxy) is 1. The Morgan fingerprint density at radius 2 is 1.96 bits per heavy atom. The first-order valence-corrected chi connectivity index (χ1v) is 8.34. The molecule has 0 aliphatic carbocycles. The van der Waals surface area contributed by atoms with Crippen LogP contribution in [-0.2, 0) is 9.53 Å². The lowest BCUT2D eigenvalue weighted by molar-refractivity contribution is -0.130. The maximum Gasteiger partial charge on any atom is 0.249 e. The summed E-state index contributed by atoms with van der Waals surface area (Å²) in [7, 11) is 0. The van der Waals surface area contributed by atoms with Crippen LogP contribution in [0.15, 0.2) is 24.3 Å². The van der Waals surface area contributed by atoms with Crippen LogP contribution in [0.4, 0.5) is 10.1 Å². The molecule has 1 amide bonds. The van der Waals surface area contributed by atoms with Crippen LogP contribution in [0.2, 0.25) is 0 Å². The SMILES string of the molecule is O=C(NCCN1CCN(c2ccc(F)cc2)CC1)[C@H]1CCCO1. The Hall–Kier alpha value is -1.66. The summed E-state index contributed by atoms with van der Waals surface area (Å²) in [6.07, 6.45) is 1.57. The second-order valence-electron chi connectivity index (χ2n) is 6.10. The highest BCUT2D eigenvalue weighted by molar-refractivity contribution is 5.80. The number of piperazine rings is 1. The average molecular weight is 321 g/mol. The van der Waals surface area contributed by atoms with E-state index in [1.54, 1.807) is 0 Å². The number of nitrogens with one attached hydrogen (secondary N) is 1. The van der Waals surface area contributed by atoms with Crippen molar-refractivity contribution in [2.45, 2.75) is 18.9 Å². The number of hydrogen-bond donors (Lipinski definition) is 1. The molecular weight excluding hydrogens is 297 g/mol. The van der Waals surface area contributed by atoms with E-state index in [1.807, 2.05) is 12.1 Å². The van der Waals surface area contributed by atoms with Gasteiger partial charge in [0.05, 0.1) is 0 Å². The normalized spacial score (nSPS) is 22.3. The minimum absolute atomic E-state index is 0.0208. The Balaban J connectivity index is 1.36. The predicted octanol–water partition coefficient (Wildman–Crippen LogP) is 1.24. The van der Waals surface area contributed by atoms with E-state index in [1.165, 1.54) is 12.1 Å². The minimum atomic E-state index is -0.245. The Kier molecular flexibility index (Phi) is 5.46. The van der Waals surface area contributed by atoms with Gasteiger partial charge in [-0.15, -0.1) is 0 Å². The Morgan fingerprint density at radius 1 is 1.22 bits per heavy atom. The molecule has 0 saturated carbocycles. The molecule has 1 aromatic carbocycles. The molecule has 0 spiro atoms. The van der Waals surface area contributed by atoms with Crippen LogP contribution < -0.4 is 10.2 Å². The number of carbonyl (C=O) groups excluding carboxylic acids is 1. The molecule has 1 atom stereocenters. The number of nitrogens with zero attached hydrogens (tertiary/aromatic N) is 2. The van der Waals surface area contributed by atoms with Crippen LogP contribution in [0, 0.1) is 5.82 Å². The predicted molar refractivity (Wildman–Crippen MR) is 87.0 cm³/mol. The Labute approximate surface area is 136 Å². The monoisotopic (exact) mass is 321 g/mol. The third kappa shape index (κ3) is 4.42. The molecule has 126 valence electrons. The van der Waals surface area contributed by atoms with Crippen molar-refractivity contribution in [3.05, 3.63) is 30.1 Å². The van der Waals surface area contributed by atoms with Crippen molar-refractivity contribution in [3.8, 4) is 0 Å². The van der Waals surface area contributed by atoms with E-state index < -0.39 is 0 Å². The van der Waals surface area contributed by atoms with Gasteiger partial charge in [0.2, 0.25) is 5.91 Å². The number of hydrogen-bond acceptors (Lipinski definition) is 4. The maximum absolute atomic E-state index is 13.0. The van der Waals surface area contributed by atoms with Crippen LogP contribution >= 0.6 is 0 Å². The van der Waals surface area contributed by atoms with Gasteiger partial charge in [-0.3, -0.25) is 9.69 Å². The van der Waals surface area contributed by atoms with Gasteiger partial charge in [-0.1, -0.05) is 0 Å². The number of carbonyl (C=O) groups is 1. The molecule has 2 saturated heterocycles. The van der Waals surface area contributed by atoms with E-state index in [0.29, 0.717) is 13.2 Å². The third-order valence-electron chi connectivity index (χ3n) is 4.51. The Bertz CT molecular complexity index is 509. The van der Waals surface area contributed by atoms with Crippen LogP contribution in [0.25, 0.3) is 0 Å². The summed E-state index contributed by atoms with van der Waals surface area (Å²) in [6, 6.07) is 6.66. The molecule has 0 radical (unpaired) electrons. The van der Waals surface area contributed by atoms with Gasteiger partial charge in [-0.2, -0.15) is 0 Å². The lowest BCUT2D eigenvalue weighted by Gasteiger charge is -2.36. The van der Waals surface area contributed by atoms with Crippen molar-refractivity contribution in [3.63, 3.8) is 0 Å². The summed E-state index contributed by atoms with van der Waals surface area (Å²) in [4.78, 5) is 16.5. The number of anilines is 1. The summed E-state index contributed by atoms with van der Waals surface area (Å²) in [5, 5.41) is 2.96. The second-order valence-corrected chi connectivity index (χ2v) is 6.10. The second kappa shape index (κ2) is 7.75. The van der Waals surface area contributed by atoms with Gasteiger partial charge in [0.25, 0.3) is 0 Å². The van der Waals surface area contributed by atoms with Gasteiger partial charge in [0.1, 0.15) is 11.9 Å². The molecule has 0 aromatic heterocycles. The fourth-order valence-electron chi connectivity index (χ4n) is 3.12. The first-order chi connectivity index (χ1) is 11.2. The highest BCUT2D eigenvalue weighted by Gasteiger charge is 2.23. The molecule has 23 heavy (non-hydrogen) atoms. The van der Waals surface area contributed by atoms with Crippen LogP contribution in [-0.4, -0.2) is 62.8 Å². The van der Waals surface area contributed by atoms with Gasteiger partial charge in [0, 0.05) is 51.6 Å². The molecule has 2 aliphatic rings.